The molecule has 0 N–H and O–H groups in total. The fraction of sp³-hybridized carbons (Fsp3) is 0.478. The molecule has 2 aromatic rings. The van der Waals surface area contributed by atoms with Crippen LogP contribution < -0.4 is 4.74 Å². The van der Waals surface area contributed by atoms with Gasteiger partial charge in [0.2, 0.25) is 0 Å². The van der Waals surface area contributed by atoms with Crippen molar-refractivity contribution >= 4 is 0 Å². The quantitative estimate of drug-likeness (QED) is 0.466. The van der Waals surface area contributed by atoms with Crippen molar-refractivity contribution in [3.05, 3.63) is 59.9 Å². The van der Waals surface area contributed by atoms with E-state index in [2.05, 4.69) is 39.8 Å². The number of rotatable bonds is 9. The van der Waals surface area contributed by atoms with E-state index in [1.807, 2.05) is 12.1 Å². The van der Waals surface area contributed by atoms with Crippen molar-refractivity contribution in [1.82, 2.24) is 0 Å². The third kappa shape index (κ3) is 6.89. The lowest BCUT2D eigenvalue weighted by molar-refractivity contribution is 0.303. The number of hydrogen-bond acceptors (Lipinski definition) is 1. The average Bonchev–Trinajstić information content (AvgIpc) is 2.54. The van der Waals surface area contributed by atoms with E-state index in [1.54, 1.807) is 12.1 Å². The average molecular weight is 342 g/mol. The minimum absolute atomic E-state index is 0.279. The summed E-state index contributed by atoms with van der Waals surface area (Å²) in [5.41, 5.74) is 1.28. The van der Waals surface area contributed by atoms with E-state index < -0.39 is 0 Å². The van der Waals surface area contributed by atoms with Crippen molar-refractivity contribution in [3.8, 4) is 11.5 Å². The molecule has 0 heterocycles. The second kappa shape index (κ2) is 9.60. The highest BCUT2D eigenvalue weighted by molar-refractivity contribution is 5.34. The highest BCUT2D eigenvalue weighted by atomic mass is 19.1. The Hall–Kier alpha value is -1.83. The summed E-state index contributed by atoms with van der Waals surface area (Å²) in [5, 5.41) is 0. The van der Waals surface area contributed by atoms with Crippen LogP contribution in [0.25, 0.3) is 0 Å². The molecule has 0 saturated carbocycles. The third-order valence-electron chi connectivity index (χ3n) is 4.87. The lowest BCUT2D eigenvalue weighted by Crippen LogP contribution is -2.11. The molecule has 0 amide bonds. The first kappa shape index (κ1) is 19.5. The molecule has 0 aliphatic carbocycles. The topological polar surface area (TPSA) is 9.23 Å². The highest BCUT2D eigenvalue weighted by Gasteiger charge is 2.13. The van der Waals surface area contributed by atoms with Crippen molar-refractivity contribution < 1.29 is 9.13 Å². The minimum Gasteiger partial charge on any atom is -0.457 e. The third-order valence-corrected chi connectivity index (χ3v) is 4.87. The lowest BCUT2D eigenvalue weighted by atomic mass is 9.85. The van der Waals surface area contributed by atoms with Gasteiger partial charge in [-0.1, -0.05) is 52.3 Å². The first-order valence-corrected chi connectivity index (χ1v) is 9.46. The molecule has 0 aromatic heterocycles. The Labute approximate surface area is 152 Å². The molecule has 0 bridgehead atoms. The maximum Gasteiger partial charge on any atom is 0.130 e. The summed E-state index contributed by atoms with van der Waals surface area (Å²) in [6, 6.07) is 14.4. The van der Waals surface area contributed by atoms with Crippen LogP contribution in [-0.2, 0) is 6.42 Å². The first-order valence-electron chi connectivity index (χ1n) is 9.46. The summed E-state index contributed by atoms with van der Waals surface area (Å²) < 4.78 is 19.0. The molecule has 1 nitrogen and oxygen atoms in total. The van der Waals surface area contributed by atoms with Crippen LogP contribution in [0.3, 0.4) is 0 Å². The summed E-state index contributed by atoms with van der Waals surface area (Å²) in [6.45, 7) is 9.34. The molecular formula is C23H31FO. The Morgan fingerprint density at radius 3 is 2.24 bits per heavy atom. The zero-order valence-electron chi connectivity index (χ0n) is 16.0. The largest absolute Gasteiger partial charge is 0.457 e. The molecule has 2 aromatic carbocycles. The molecule has 0 spiro atoms. The van der Waals surface area contributed by atoms with Crippen molar-refractivity contribution in [1.29, 1.82) is 0 Å². The molecule has 2 heteroatoms. The van der Waals surface area contributed by atoms with Gasteiger partial charge in [-0.3, -0.25) is 0 Å². The van der Waals surface area contributed by atoms with Gasteiger partial charge in [0.05, 0.1) is 0 Å². The van der Waals surface area contributed by atoms with E-state index in [4.69, 9.17) is 4.74 Å². The molecule has 2 rings (SSSR count). The fourth-order valence-corrected chi connectivity index (χ4v) is 3.32. The number of ether oxygens (including phenoxy) is 1. The number of halogens is 1. The summed E-state index contributed by atoms with van der Waals surface area (Å²) in [6.07, 6.45) is 4.80. The number of hydrogen-bond donors (Lipinski definition) is 0. The van der Waals surface area contributed by atoms with Gasteiger partial charge in [0.1, 0.15) is 17.3 Å². The van der Waals surface area contributed by atoms with Crippen LogP contribution in [-0.4, -0.2) is 0 Å². The molecular weight excluding hydrogens is 311 g/mol. The van der Waals surface area contributed by atoms with Gasteiger partial charge in [0.15, 0.2) is 0 Å². The van der Waals surface area contributed by atoms with Crippen LogP contribution in [0.15, 0.2) is 48.5 Å². The van der Waals surface area contributed by atoms with Crippen molar-refractivity contribution in [3.63, 3.8) is 0 Å². The molecule has 0 fully saturated rings. The minimum atomic E-state index is -0.279. The van der Waals surface area contributed by atoms with Crippen LogP contribution in [0.2, 0.25) is 0 Å². The first-order chi connectivity index (χ1) is 11.9. The van der Waals surface area contributed by atoms with E-state index in [0.717, 1.165) is 29.9 Å². The molecule has 0 aliphatic heterocycles. The lowest BCUT2D eigenvalue weighted by Gasteiger charge is -2.21. The molecule has 2 unspecified atom stereocenters. The van der Waals surface area contributed by atoms with E-state index in [9.17, 15) is 4.39 Å². The number of aryl methyl sites for hydroxylation is 1. The SMILES string of the molecule is CC(C)CC(C)C(C)CCCc1cccc(Oc2cccc(F)c2)c1. The molecule has 136 valence electrons. The normalized spacial score (nSPS) is 13.7. The second-order valence-electron chi connectivity index (χ2n) is 7.68. The van der Waals surface area contributed by atoms with Gasteiger partial charge in [-0.15, -0.1) is 0 Å². The van der Waals surface area contributed by atoms with Crippen LogP contribution in [0.4, 0.5) is 4.39 Å². The van der Waals surface area contributed by atoms with Crippen LogP contribution in [0.1, 0.15) is 52.5 Å². The highest BCUT2D eigenvalue weighted by Crippen LogP contribution is 2.26. The van der Waals surface area contributed by atoms with Gasteiger partial charge in [0.25, 0.3) is 0 Å². The molecule has 0 saturated heterocycles. The Balaban J connectivity index is 1.85. The van der Waals surface area contributed by atoms with Gasteiger partial charge in [-0.05, 0) is 66.8 Å². The van der Waals surface area contributed by atoms with Crippen LogP contribution in [0, 0.1) is 23.6 Å². The smallest absolute Gasteiger partial charge is 0.130 e. The van der Waals surface area contributed by atoms with E-state index in [-0.39, 0.29) is 5.82 Å². The van der Waals surface area contributed by atoms with Gasteiger partial charge in [0, 0.05) is 6.07 Å². The molecule has 2 atom stereocenters. The Kier molecular flexibility index (Phi) is 7.49. The van der Waals surface area contributed by atoms with Crippen LogP contribution in [0.5, 0.6) is 11.5 Å². The summed E-state index contributed by atoms with van der Waals surface area (Å²) in [7, 11) is 0. The standard InChI is InChI=1S/C23H31FO/c1-17(2)14-19(4)18(3)8-5-9-20-10-6-12-22(15-20)25-23-13-7-11-21(24)16-23/h6-7,10-13,15-19H,5,8-9,14H2,1-4H3. The molecule has 0 radical (unpaired) electrons. The zero-order valence-corrected chi connectivity index (χ0v) is 16.0. The predicted molar refractivity (Wildman–Crippen MR) is 104 cm³/mol. The zero-order chi connectivity index (χ0) is 18.2. The Morgan fingerprint density at radius 2 is 1.56 bits per heavy atom. The van der Waals surface area contributed by atoms with E-state index in [0.29, 0.717) is 5.75 Å². The Bertz CT molecular complexity index is 650. The maximum absolute atomic E-state index is 13.3. The van der Waals surface area contributed by atoms with Crippen molar-refractivity contribution in [2.45, 2.75) is 53.4 Å². The Morgan fingerprint density at radius 1 is 0.880 bits per heavy atom. The number of benzene rings is 2. The van der Waals surface area contributed by atoms with Gasteiger partial charge in [-0.2, -0.15) is 0 Å². The maximum atomic E-state index is 13.3. The summed E-state index contributed by atoms with van der Waals surface area (Å²) >= 11 is 0. The molecule has 25 heavy (non-hydrogen) atoms. The van der Waals surface area contributed by atoms with Crippen molar-refractivity contribution in [2.24, 2.45) is 17.8 Å². The monoisotopic (exact) mass is 342 g/mol. The summed E-state index contributed by atoms with van der Waals surface area (Å²) in [5.74, 6) is 3.33. The predicted octanol–water partition coefficient (Wildman–Crippen LogP) is 7.26. The van der Waals surface area contributed by atoms with E-state index in [1.165, 1.54) is 37.0 Å². The molecule has 0 aliphatic rings. The van der Waals surface area contributed by atoms with Gasteiger partial charge in [-0.25, -0.2) is 4.39 Å². The van der Waals surface area contributed by atoms with Crippen molar-refractivity contribution in [2.75, 3.05) is 0 Å². The fourth-order valence-electron chi connectivity index (χ4n) is 3.32. The van der Waals surface area contributed by atoms with Crippen LogP contribution >= 0.6 is 0 Å². The second-order valence-corrected chi connectivity index (χ2v) is 7.68. The van der Waals surface area contributed by atoms with Gasteiger partial charge >= 0.3 is 0 Å². The van der Waals surface area contributed by atoms with Gasteiger partial charge < -0.3 is 4.74 Å². The van der Waals surface area contributed by atoms with E-state index >= 15 is 0 Å². The summed E-state index contributed by atoms with van der Waals surface area (Å²) in [4.78, 5) is 0.